The van der Waals surface area contributed by atoms with Crippen LogP contribution in [0.25, 0.3) is 0 Å². The number of hydrogen-bond acceptors (Lipinski definition) is 4. The van der Waals surface area contributed by atoms with Crippen molar-refractivity contribution in [1.29, 1.82) is 0 Å². The molecule has 23 heavy (non-hydrogen) atoms. The number of carbonyl (C=O) groups excluding carboxylic acids is 1. The van der Waals surface area contributed by atoms with E-state index >= 15 is 0 Å². The number of morpholine rings is 1. The molecule has 0 saturated carbocycles. The van der Waals surface area contributed by atoms with E-state index in [0.29, 0.717) is 6.61 Å². The lowest BCUT2D eigenvalue weighted by molar-refractivity contribution is -0.0478. The third-order valence-corrected chi connectivity index (χ3v) is 3.92. The largest absolute Gasteiger partial charge is 0.444 e. The van der Waals surface area contributed by atoms with Crippen LogP contribution in [0, 0.1) is 0 Å². The summed E-state index contributed by atoms with van der Waals surface area (Å²) < 4.78 is 13.3. The zero-order chi connectivity index (χ0) is 17.0. The molecule has 1 N–H and O–H groups in total. The average molecular weight is 323 g/mol. The molecule has 1 aromatic rings. The fraction of sp³-hybridized carbons (Fsp3) is 0.706. The summed E-state index contributed by atoms with van der Waals surface area (Å²) in [4.78, 5) is 14.2. The topological polar surface area (TPSA) is 55.7 Å². The number of aromatic nitrogens is 1. The first kappa shape index (κ1) is 17.8. The van der Waals surface area contributed by atoms with Gasteiger partial charge in [0, 0.05) is 38.6 Å². The van der Waals surface area contributed by atoms with Gasteiger partial charge in [0.05, 0.1) is 18.8 Å². The van der Waals surface area contributed by atoms with Crippen molar-refractivity contribution in [3.63, 3.8) is 0 Å². The van der Waals surface area contributed by atoms with E-state index in [9.17, 15) is 4.79 Å². The zero-order valence-corrected chi connectivity index (χ0v) is 14.8. The first-order valence-corrected chi connectivity index (χ1v) is 8.18. The number of amides is 1. The van der Waals surface area contributed by atoms with Gasteiger partial charge in [0.25, 0.3) is 0 Å². The maximum absolute atomic E-state index is 11.9. The second-order valence-electron chi connectivity index (χ2n) is 7.19. The number of alkyl carbamates (subject to hydrolysis) is 1. The highest BCUT2D eigenvalue weighted by atomic mass is 16.6. The molecular formula is C17H29N3O3. The minimum absolute atomic E-state index is 0.0310. The summed E-state index contributed by atoms with van der Waals surface area (Å²) in [6, 6.07) is 4.09. The Hall–Kier alpha value is -1.53. The van der Waals surface area contributed by atoms with Gasteiger partial charge in [0.2, 0.25) is 0 Å². The molecule has 6 heteroatoms. The van der Waals surface area contributed by atoms with Crippen molar-refractivity contribution in [2.24, 2.45) is 7.05 Å². The molecular weight excluding hydrogens is 294 g/mol. The minimum atomic E-state index is -0.490. The lowest BCUT2D eigenvalue weighted by atomic mass is 10.1. The summed E-state index contributed by atoms with van der Waals surface area (Å²) in [5.74, 6) is 0. The van der Waals surface area contributed by atoms with Crippen LogP contribution < -0.4 is 5.32 Å². The van der Waals surface area contributed by atoms with E-state index in [1.165, 1.54) is 5.69 Å². The molecule has 0 radical (unpaired) electrons. The van der Waals surface area contributed by atoms with E-state index in [2.05, 4.69) is 40.2 Å². The highest BCUT2D eigenvalue weighted by molar-refractivity contribution is 5.68. The molecule has 0 unspecified atom stereocenters. The molecule has 1 aliphatic rings. The van der Waals surface area contributed by atoms with Crippen LogP contribution >= 0.6 is 0 Å². The van der Waals surface area contributed by atoms with Gasteiger partial charge in [-0.15, -0.1) is 0 Å². The maximum atomic E-state index is 11.9. The molecule has 1 saturated heterocycles. The van der Waals surface area contributed by atoms with Crippen molar-refractivity contribution in [1.82, 2.24) is 14.8 Å². The predicted octanol–water partition coefficient (Wildman–Crippen LogP) is 2.14. The van der Waals surface area contributed by atoms with E-state index in [1.54, 1.807) is 0 Å². The lowest BCUT2D eigenvalue weighted by Crippen LogP contribution is -2.52. The first-order valence-electron chi connectivity index (χ1n) is 8.18. The fourth-order valence-corrected chi connectivity index (χ4v) is 2.65. The Bertz CT molecular complexity index is 521. The fourth-order valence-electron chi connectivity index (χ4n) is 2.65. The van der Waals surface area contributed by atoms with Gasteiger partial charge in [0.15, 0.2) is 0 Å². The number of hydrogen-bond donors (Lipinski definition) is 1. The Balaban J connectivity index is 1.85. The van der Waals surface area contributed by atoms with Gasteiger partial charge < -0.3 is 19.4 Å². The van der Waals surface area contributed by atoms with E-state index < -0.39 is 11.7 Å². The SMILES string of the molecule is C[C@@H](NC(=O)OC(C)(C)C)[C@H]1CN(Cc2cccn2C)CCO1. The molecule has 1 aromatic heterocycles. The molecule has 6 nitrogen and oxygen atoms in total. The molecule has 0 spiro atoms. The molecule has 2 heterocycles. The first-order chi connectivity index (χ1) is 10.7. The molecule has 1 amide bonds. The molecule has 0 aromatic carbocycles. The van der Waals surface area contributed by atoms with E-state index in [-0.39, 0.29) is 12.1 Å². The lowest BCUT2D eigenvalue weighted by Gasteiger charge is -2.36. The quantitative estimate of drug-likeness (QED) is 0.922. The predicted molar refractivity (Wildman–Crippen MR) is 89.3 cm³/mol. The van der Waals surface area contributed by atoms with Crippen molar-refractivity contribution >= 4 is 6.09 Å². The molecule has 0 bridgehead atoms. The molecule has 2 atom stereocenters. The monoisotopic (exact) mass is 323 g/mol. The van der Waals surface area contributed by atoms with Crippen LogP contribution in [-0.2, 0) is 23.1 Å². The van der Waals surface area contributed by atoms with E-state index in [1.807, 2.05) is 27.7 Å². The normalized spacial score (nSPS) is 21.0. The number of aryl methyl sites for hydroxylation is 1. The average Bonchev–Trinajstić information content (AvgIpc) is 2.82. The van der Waals surface area contributed by atoms with Crippen LogP contribution in [0.5, 0.6) is 0 Å². The Morgan fingerprint density at radius 1 is 1.52 bits per heavy atom. The van der Waals surface area contributed by atoms with Crippen molar-refractivity contribution in [2.75, 3.05) is 19.7 Å². The number of nitrogens with one attached hydrogen (secondary N) is 1. The number of nitrogens with zero attached hydrogens (tertiary/aromatic N) is 2. The maximum Gasteiger partial charge on any atom is 0.407 e. The highest BCUT2D eigenvalue weighted by Crippen LogP contribution is 2.14. The second-order valence-corrected chi connectivity index (χ2v) is 7.19. The summed E-state index contributed by atoms with van der Waals surface area (Å²) >= 11 is 0. The van der Waals surface area contributed by atoms with Gasteiger partial charge in [-0.2, -0.15) is 0 Å². The summed E-state index contributed by atoms with van der Waals surface area (Å²) in [5, 5.41) is 2.88. The molecule has 1 aliphatic heterocycles. The standard InChI is InChI=1S/C17H29N3O3/c1-13(18-16(21)23-17(2,3)4)15-12-20(9-10-22-15)11-14-7-6-8-19(14)5/h6-8,13,15H,9-12H2,1-5H3,(H,18,21)/t13-,15-/m1/s1. The van der Waals surface area contributed by atoms with E-state index in [0.717, 1.165) is 19.6 Å². The van der Waals surface area contributed by atoms with Gasteiger partial charge in [-0.05, 0) is 39.8 Å². The van der Waals surface area contributed by atoms with Crippen LogP contribution in [0.1, 0.15) is 33.4 Å². The Morgan fingerprint density at radius 3 is 2.87 bits per heavy atom. The molecule has 0 aliphatic carbocycles. The zero-order valence-electron chi connectivity index (χ0n) is 14.8. The van der Waals surface area contributed by atoms with Gasteiger partial charge in [-0.3, -0.25) is 4.90 Å². The summed E-state index contributed by atoms with van der Waals surface area (Å²) in [6.45, 7) is 10.8. The third-order valence-electron chi connectivity index (χ3n) is 3.92. The van der Waals surface area contributed by atoms with Gasteiger partial charge in [-0.1, -0.05) is 0 Å². The van der Waals surface area contributed by atoms with Gasteiger partial charge in [0.1, 0.15) is 5.60 Å². The third kappa shape index (κ3) is 5.55. The van der Waals surface area contributed by atoms with Crippen molar-refractivity contribution in [3.05, 3.63) is 24.0 Å². The molecule has 1 fully saturated rings. The number of rotatable bonds is 4. The van der Waals surface area contributed by atoms with Crippen molar-refractivity contribution < 1.29 is 14.3 Å². The highest BCUT2D eigenvalue weighted by Gasteiger charge is 2.28. The molecule has 2 rings (SSSR count). The van der Waals surface area contributed by atoms with Crippen LogP contribution in [0.4, 0.5) is 4.79 Å². The molecule has 130 valence electrons. The van der Waals surface area contributed by atoms with Gasteiger partial charge in [-0.25, -0.2) is 4.79 Å². The van der Waals surface area contributed by atoms with Crippen LogP contribution in [0.3, 0.4) is 0 Å². The van der Waals surface area contributed by atoms with E-state index in [4.69, 9.17) is 9.47 Å². The van der Waals surface area contributed by atoms with Crippen LogP contribution in [0.2, 0.25) is 0 Å². The smallest absolute Gasteiger partial charge is 0.407 e. The van der Waals surface area contributed by atoms with Gasteiger partial charge >= 0.3 is 6.09 Å². The van der Waals surface area contributed by atoms with Crippen molar-refractivity contribution in [2.45, 2.75) is 52.0 Å². The van der Waals surface area contributed by atoms with Crippen LogP contribution in [-0.4, -0.2) is 53.0 Å². The Kier molecular flexibility index (Phi) is 5.70. The van der Waals surface area contributed by atoms with Crippen molar-refractivity contribution in [3.8, 4) is 0 Å². The second kappa shape index (κ2) is 7.36. The minimum Gasteiger partial charge on any atom is -0.444 e. The van der Waals surface area contributed by atoms with Crippen LogP contribution in [0.15, 0.2) is 18.3 Å². The Morgan fingerprint density at radius 2 is 2.26 bits per heavy atom. The summed E-state index contributed by atoms with van der Waals surface area (Å²) in [5.41, 5.74) is 0.786. The number of ether oxygens (including phenoxy) is 2. The summed E-state index contributed by atoms with van der Waals surface area (Å²) in [6.07, 6.45) is 1.63. The summed E-state index contributed by atoms with van der Waals surface area (Å²) in [7, 11) is 2.06. The number of carbonyl (C=O) groups is 1. The Labute approximate surface area is 138 Å².